The Morgan fingerprint density at radius 1 is 1.06 bits per heavy atom. The van der Waals surface area contributed by atoms with Crippen molar-refractivity contribution in [2.75, 3.05) is 5.73 Å². The van der Waals surface area contributed by atoms with E-state index in [2.05, 4.69) is 35.8 Å². The molecule has 2 aromatic heterocycles. The number of aromatic hydroxyl groups is 1. The van der Waals surface area contributed by atoms with E-state index in [4.69, 9.17) is 5.73 Å². The van der Waals surface area contributed by atoms with E-state index >= 15 is 0 Å². The molecule has 0 bridgehead atoms. The van der Waals surface area contributed by atoms with Gasteiger partial charge in [0.1, 0.15) is 11.4 Å². The molecule has 0 aliphatic carbocycles. The summed E-state index contributed by atoms with van der Waals surface area (Å²) < 4.78 is 5.93. The number of rotatable bonds is 5. The number of aromatic nitrogens is 5. The first kappa shape index (κ1) is 19.9. The Bertz CT molecular complexity index is 1490. The number of hydrogen-bond donors (Lipinski definition) is 3. The van der Waals surface area contributed by atoms with Gasteiger partial charge in [-0.05, 0) is 27.2 Å². The maximum Gasteiger partial charge on any atom is 0.294 e. The number of carbonyl (C=O) groups is 1. The monoisotopic (exact) mass is 440 g/mol. The Labute approximate surface area is 186 Å². The Morgan fingerprint density at radius 3 is 2.64 bits per heavy atom. The van der Waals surface area contributed by atoms with Crippen molar-refractivity contribution in [2.24, 2.45) is 5.10 Å². The van der Waals surface area contributed by atoms with Gasteiger partial charge >= 0.3 is 0 Å². The van der Waals surface area contributed by atoms with Crippen molar-refractivity contribution >= 4 is 28.7 Å². The lowest BCUT2D eigenvalue weighted by Crippen LogP contribution is -2.19. The van der Waals surface area contributed by atoms with E-state index in [1.54, 1.807) is 36.4 Å². The summed E-state index contributed by atoms with van der Waals surface area (Å²) in [5.41, 5.74) is 9.68. The van der Waals surface area contributed by atoms with Crippen molar-refractivity contribution in [3.8, 4) is 22.8 Å². The van der Waals surface area contributed by atoms with E-state index < -0.39 is 5.91 Å². The maximum absolute atomic E-state index is 13.0. The molecule has 0 saturated heterocycles. The number of anilines is 1. The highest BCUT2D eigenvalue weighted by molar-refractivity contribution is 6.03. The molecule has 0 unspecified atom stereocenters. The summed E-state index contributed by atoms with van der Waals surface area (Å²) in [6.07, 6.45) is 1.38. The van der Waals surface area contributed by atoms with Crippen LogP contribution in [0.3, 0.4) is 0 Å². The van der Waals surface area contributed by atoms with Gasteiger partial charge in [-0.3, -0.25) is 4.79 Å². The minimum Gasteiger partial charge on any atom is -0.507 e. The molecule has 1 amide bonds. The third-order valence-corrected chi connectivity index (χ3v) is 4.94. The minimum atomic E-state index is -0.619. The van der Waals surface area contributed by atoms with Crippen LogP contribution in [0.25, 0.3) is 27.8 Å². The Hall–Kier alpha value is -5.06. The van der Waals surface area contributed by atoms with Crippen molar-refractivity contribution in [2.45, 2.75) is 0 Å². The van der Waals surface area contributed by atoms with Gasteiger partial charge < -0.3 is 10.8 Å². The van der Waals surface area contributed by atoms with E-state index in [-0.39, 0.29) is 23.1 Å². The zero-order chi connectivity index (χ0) is 22.8. The lowest BCUT2D eigenvalue weighted by molar-refractivity contribution is 0.0950. The number of carbonyl (C=O) groups excluding carboxylic acids is 1. The van der Waals surface area contributed by atoms with Crippen molar-refractivity contribution in [3.05, 3.63) is 78.0 Å². The van der Waals surface area contributed by atoms with E-state index in [1.807, 2.05) is 30.3 Å². The van der Waals surface area contributed by atoms with E-state index in [0.29, 0.717) is 16.8 Å². The number of nitrogen functional groups attached to an aromatic ring is 1. The number of nitrogens with two attached hydrogens (primary N) is 1. The molecular weight excluding hydrogens is 424 g/mol. The summed E-state index contributed by atoms with van der Waals surface area (Å²) in [6.45, 7) is 0. The van der Waals surface area contributed by atoms with Gasteiger partial charge in [0, 0.05) is 11.1 Å². The number of amides is 1. The van der Waals surface area contributed by atoms with Crippen LogP contribution in [-0.2, 0) is 0 Å². The van der Waals surface area contributed by atoms with Gasteiger partial charge in [-0.2, -0.15) is 9.78 Å². The normalized spacial score (nSPS) is 11.3. The topological polar surface area (TPSA) is 157 Å². The SMILES string of the molecule is Nc1nonc1-n1nnc(C(=O)NN=Cc2c(O)ccc3ccccc23)c1-c1ccccc1. The third kappa shape index (κ3) is 3.63. The van der Waals surface area contributed by atoms with Crippen LogP contribution >= 0.6 is 0 Å². The molecule has 0 aliphatic rings. The lowest BCUT2D eigenvalue weighted by Gasteiger charge is -2.06. The van der Waals surface area contributed by atoms with Crippen LogP contribution in [0, 0.1) is 0 Å². The maximum atomic E-state index is 13.0. The molecule has 0 fully saturated rings. The zero-order valence-electron chi connectivity index (χ0n) is 17.0. The number of nitrogens with one attached hydrogen (secondary N) is 1. The Morgan fingerprint density at radius 2 is 1.85 bits per heavy atom. The van der Waals surface area contributed by atoms with Gasteiger partial charge in [0.15, 0.2) is 5.69 Å². The quantitative estimate of drug-likeness (QED) is 0.278. The van der Waals surface area contributed by atoms with Crippen molar-refractivity contribution in [1.82, 2.24) is 30.7 Å². The molecule has 0 spiro atoms. The van der Waals surface area contributed by atoms with Gasteiger partial charge in [0.25, 0.3) is 5.91 Å². The molecule has 0 radical (unpaired) electrons. The standard InChI is InChI=1S/C22H16N8O3/c23-20-21(28-33-27-20)30-19(14-7-2-1-3-8-14)18(25-29-30)22(32)26-24-12-16-15-9-5-4-6-13(15)10-11-17(16)31/h1-12,31H,(H2,23,27)(H,26,32). The van der Waals surface area contributed by atoms with Crippen LogP contribution in [0.4, 0.5) is 5.82 Å². The van der Waals surface area contributed by atoms with Gasteiger partial charge in [0.05, 0.1) is 6.21 Å². The molecule has 0 atom stereocenters. The van der Waals surface area contributed by atoms with Gasteiger partial charge in [-0.25, -0.2) is 10.1 Å². The number of fused-ring (bicyclic) bond motifs is 1. The van der Waals surface area contributed by atoms with Crippen LogP contribution in [0.2, 0.25) is 0 Å². The number of phenolic OH excluding ortho intramolecular Hbond substituents is 1. The van der Waals surface area contributed by atoms with E-state index in [0.717, 1.165) is 10.8 Å². The number of hydrazone groups is 1. The Balaban J connectivity index is 1.50. The fourth-order valence-corrected chi connectivity index (χ4v) is 3.40. The van der Waals surface area contributed by atoms with Crippen LogP contribution in [-0.4, -0.2) is 42.5 Å². The van der Waals surface area contributed by atoms with Gasteiger partial charge in [-0.1, -0.05) is 65.9 Å². The summed E-state index contributed by atoms with van der Waals surface area (Å²) in [5, 5.41) is 31.3. The molecule has 0 aliphatic heterocycles. The van der Waals surface area contributed by atoms with Crippen LogP contribution in [0.1, 0.15) is 16.1 Å². The molecule has 2 heterocycles. The molecule has 4 N–H and O–H groups in total. The molecule has 5 aromatic rings. The predicted molar refractivity (Wildman–Crippen MR) is 120 cm³/mol. The first-order chi connectivity index (χ1) is 16.1. The fourth-order valence-electron chi connectivity index (χ4n) is 3.40. The number of phenols is 1. The second-order valence-electron chi connectivity index (χ2n) is 6.96. The average Bonchev–Trinajstić information content (AvgIpc) is 3.47. The smallest absolute Gasteiger partial charge is 0.294 e. The van der Waals surface area contributed by atoms with E-state index in [1.165, 1.54) is 10.9 Å². The summed E-state index contributed by atoms with van der Waals surface area (Å²) >= 11 is 0. The van der Waals surface area contributed by atoms with Gasteiger partial charge in [0.2, 0.25) is 11.6 Å². The van der Waals surface area contributed by atoms with Crippen LogP contribution in [0.5, 0.6) is 5.75 Å². The summed E-state index contributed by atoms with van der Waals surface area (Å²) in [6, 6.07) is 19.9. The highest BCUT2D eigenvalue weighted by Gasteiger charge is 2.25. The minimum absolute atomic E-state index is 0.00603. The molecule has 11 nitrogen and oxygen atoms in total. The number of nitrogens with zero attached hydrogens (tertiary/aromatic N) is 6. The highest BCUT2D eigenvalue weighted by Crippen LogP contribution is 2.27. The second-order valence-corrected chi connectivity index (χ2v) is 6.96. The first-order valence-corrected chi connectivity index (χ1v) is 9.77. The molecule has 3 aromatic carbocycles. The fraction of sp³-hybridized carbons (Fsp3) is 0. The first-order valence-electron chi connectivity index (χ1n) is 9.77. The van der Waals surface area contributed by atoms with Crippen molar-refractivity contribution < 1.29 is 14.5 Å². The second kappa shape index (κ2) is 8.23. The molecule has 0 saturated carbocycles. The highest BCUT2D eigenvalue weighted by atomic mass is 16.6. The summed E-state index contributed by atoms with van der Waals surface area (Å²) in [4.78, 5) is 13.0. The number of benzene rings is 3. The molecular formula is C22H16N8O3. The van der Waals surface area contributed by atoms with Gasteiger partial charge in [-0.15, -0.1) is 5.10 Å². The van der Waals surface area contributed by atoms with Crippen molar-refractivity contribution in [3.63, 3.8) is 0 Å². The lowest BCUT2D eigenvalue weighted by atomic mass is 10.0. The molecule has 162 valence electrons. The third-order valence-electron chi connectivity index (χ3n) is 4.94. The molecule has 33 heavy (non-hydrogen) atoms. The predicted octanol–water partition coefficient (Wildman–Crippen LogP) is 2.52. The largest absolute Gasteiger partial charge is 0.507 e. The van der Waals surface area contributed by atoms with Crippen LogP contribution < -0.4 is 11.2 Å². The number of hydrogen-bond acceptors (Lipinski definition) is 9. The summed E-state index contributed by atoms with van der Waals surface area (Å²) in [7, 11) is 0. The molecule has 5 rings (SSSR count). The van der Waals surface area contributed by atoms with Crippen LogP contribution in [0.15, 0.2) is 76.5 Å². The van der Waals surface area contributed by atoms with Crippen molar-refractivity contribution in [1.29, 1.82) is 0 Å². The average molecular weight is 440 g/mol. The zero-order valence-corrected chi connectivity index (χ0v) is 17.0. The van der Waals surface area contributed by atoms with E-state index in [9.17, 15) is 9.90 Å². The molecule has 11 heteroatoms. The Kier molecular flexibility index (Phi) is 4.96. The summed E-state index contributed by atoms with van der Waals surface area (Å²) in [5.74, 6) is -0.485.